The number of benzene rings is 2. The van der Waals surface area contributed by atoms with Crippen molar-refractivity contribution >= 4 is 11.6 Å². The highest BCUT2D eigenvalue weighted by atomic mass is 16.1. The lowest BCUT2D eigenvalue weighted by Crippen LogP contribution is -2.23. The molecule has 0 aliphatic carbocycles. The first kappa shape index (κ1) is 13.1. The predicted molar refractivity (Wildman–Crippen MR) is 78.9 cm³/mol. The lowest BCUT2D eigenvalue weighted by molar-refractivity contribution is 0.0953. The van der Waals surface area contributed by atoms with E-state index in [9.17, 15) is 4.79 Å². The summed E-state index contributed by atoms with van der Waals surface area (Å²) in [4.78, 5) is 11.9. The second-order valence-electron chi connectivity index (χ2n) is 4.46. The van der Waals surface area contributed by atoms with Crippen molar-refractivity contribution < 1.29 is 4.79 Å². The van der Waals surface area contributed by atoms with E-state index in [4.69, 9.17) is 5.73 Å². The van der Waals surface area contributed by atoms with E-state index in [0.717, 1.165) is 23.2 Å². The minimum atomic E-state index is -0.0346. The topological polar surface area (TPSA) is 55.1 Å². The molecule has 3 heteroatoms. The fraction of sp³-hybridized carbons (Fsp3) is 0.188. The summed E-state index contributed by atoms with van der Waals surface area (Å²) >= 11 is 0. The zero-order valence-electron chi connectivity index (χ0n) is 11.0. The molecule has 0 atom stereocenters. The van der Waals surface area contributed by atoms with Crippen molar-refractivity contribution in [2.75, 3.05) is 12.3 Å². The molecule has 0 bridgehead atoms. The van der Waals surface area contributed by atoms with E-state index in [1.54, 1.807) is 0 Å². The highest BCUT2D eigenvalue weighted by Gasteiger charge is 2.06. The molecule has 3 N–H and O–H groups in total. The van der Waals surface area contributed by atoms with Crippen molar-refractivity contribution in [1.29, 1.82) is 0 Å². The van der Waals surface area contributed by atoms with Gasteiger partial charge >= 0.3 is 0 Å². The summed E-state index contributed by atoms with van der Waals surface area (Å²) < 4.78 is 0. The van der Waals surface area contributed by atoms with Crippen LogP contribution in [0.3, 0.4) is 0 Å². The molecule has 0 aliphatic heterocycles. The number of hydrogen-bond acceptors (Lipinski definition) is 2. The van der Waals surface area contributed by atoms with Crippen LogP contribution in [0.4, 0.5) is 5.69 Å². The molecule has 0 saturated carbocycles. The third-order valence-corrected chi connectivity index (χ3v) is 2.88. The average molecular weight is 254 g/mol. The first-order valence-electron chi connectivity index (χ1n) is 6.45. The van der Waals surface area contributed by atoms with Crippen molar-refractivity contribution in [3.8, 4) is 11.1 Å². The Morgan fingerprint density at radius 2 is 1.79 bits per heavy atom. The number of carbonyl (C=O) groups is 1. The third-order valence-electron chi connectivity index (χ3n) is 2.88. The van der Waals surface area contributed by atoms with Crippen LogP contribution in [-0.4, -0.2) is 12.5 Å². The van der Waals surface area contributed by atoms with Gasteiger partial charge in [0, 0.05) is 17.8 Å². The summed E-state index contributed by atoms with van der Waals surface area (Å²) in [7, 11) is 0. The molecule has 0 heterocycles. The molecular weight excluding hydrogens is 236 g/mol. The molecule has 0 saturated heterocycles. The van der Waals surface area contributed by atoms with Gasteiger partial charge in [0.2, 0.25) is 0 Å². The van der Waals surface area contributed by atoms with Gasteiger partial charge in [-0.05, 0) is 41.8 Å². The van der Waals surface area contributed by atoms with Gasteiger partial charge in [0.1, 0.15) is 0 Å². The van der Waals surface area contributed by atoms with E-state index in [-0.39, 0.29) is 5.91 Å². The van der Waals surface area contributed by atoms with E-state index in [0.29, 0.717) is 12.1 Å². The number of carbonyl (C=O) groups excluding carboxylic acids is 1. The fourth-order valence-corrected chi connectivity index (χ4v) is 1.90. The Morgan fingerprint density at radius 3 is 2.47 bits per heavy atom. The number of nitrogens with one attached hydrogen (secondary N) is 1. The highest BCUT2D eigenvalue weighted by molar-refractivity contribution is 5.95. The van der Waals surface area contributed by atoms with Gasteiger partial charge in [-0.1, -0.05) is 31.2 Å². The molecule has 19 heavy (non-hydrogen) atoms. The molecule has 0 aromatic heterocycles. The largest absolute Gasteiger partial charge is 0.399 e. The van der Waals surface area contributed by atoms with Gasteiger partial charge in [-0.25, -0.2) is 0 Å². The minimum absolute atomic E-state index is 0.0346. The second-order valence-corrected chi connectivity index (χ2v) is 4.46. The molecule has 0 fully saturated rings. The van der Waals surface area contributed by atoms with Gasteiger partial charge < -0.3 is 11.1 Å². The monoisotopic (exact) mass is 254 g/mol. The van der Waals surface area contributed by atoms with Gasteiger partial charge in [-0.3, -0.25) is 4.79 Å². The Kier molecular flexibility index (Phi) is 4.18. The molecule has 0 aliphatic rings. The van der Waals surface area contributed by atoms with Crippen molar-refractivity contribution in [2.45, 2.75) is 13.3 Å². The van der Waals surface area contributed by atoms with E-state index < -0.39 is 0 Å². The smallest absolute Gasteiger partial charge is 0.251 e. The van der Waals surface area contributed by atoms with Crippen LogP contribution < -0.4 is 11.1 Å². The summed E-state index contributed by atoms with van der Waals surface area (Å²) in [5.74, 6) is -0.0346. The maximum atomic E-state index is 11.9. The van der Waals surface area contributed by atoms with Crippen LogP contribution in [0, 0.1) is 0 Å². The van der Waals surface area contributed by atoms with Crippen molar-refractivity contribution in [1.82, 2.24) is 5.32 Å². The highest BCUT2D eigenvalue weighted by Crippen LogP contribution is 2.22. The number of nitrogens with two attached hydrogens (primary N) is 1. The standard InChI is InChI=1S/C16H18N2O/c1-2-9-18-16(19)14-7-3-5-12(10-14)13-6-4-8-15(17)11-13/h3-8,10-11H,2,9,17H2,1H3,(H,18,19). The average Bonchev–Trinajstić information content (AvgIpc) is 2.45. The van der Waals surface area contributed by atoms with Crippen LogP contribution >= 0.6 is 0 Å². The lowest BCUT2D eigenvalue weighted by Gasteiger charge is -2.07. The van der Waals surface area contributed by atoms with Crippen LogP contribution in [0.2, 0.25) is 0 Å². The second kappa shape index (κ2) is 6.05. The molecule has 3 nitrogen and oxygen atoms in total. The molecule has 1 amide bonds. The van der Waals surface area contributed by atoms with Gasteiger partial charge in [-0.15, -0.1) is 0 Å². The quantitative estimate of drug-likeness (QED) is 0.824. The summed E-state index contributed by atoms with van der Waals surface area (Å²) in [5.41, 5.74) is 9.19. The van der Waals surface area contributed by atoms with E-state index in [1.807, 2.05) is 55.5 Å². The Labute approximate surface area is 113 Å². The maximum Gasteiger partial charge on any atom is 0.251 e. The van der Waals surface area contributed by atoms with Crippen LogP contribution in [0.5, 0.6) is 0 Å². The lowest BCUT2D eigenvalue weighted by atomic mass is 10.0. The Bertz CT molecular complexity index is 578. The Balaban J connectivity index is 2.26. The zero-order chi connectivity index (χ0) is 13.7. The molecular formula is C16H18N2O. The molecule has 0 unspecified atom stereocenters. The van der Waals surface area contributed by atoms with Crippen molar-refractivity contribution in [2.24, 2.45) is 0 Å². The first-order valence-corrected chi connectivity index (χ1v) is 6.45. The van der Waals surface area contributed by atoms with Gasteiger partial charge in [0.25, 0.3) is 5.91 Å². The predicted octanol–water partition coefficient (Wildman–Crippen LogP) is 3.08. The molecule has 2 aromatic carbocycles. The van der Waals surface area contributed by atoms with E-state index in [2.05, 4.69) is 5.32 Å². The molecule has 0 spiro atoms. The SMILES string of the molecule is CCCNC(=O)c1cccc(-c2cccc(N)c2)c1. The normalized spacial score (nSPS) is 10.2. The molecule has 0 radical (unpaired) electrons. The summed E-state index contributed by atoms with van der Waals surface area (Å²) in [6.07, 6.45) is 0.931. The third kappa shape index (κ3) is 3.35. The Morgan fingerprint density at radius 1 is 1.11 bits per heavy atom. The van der Waals surface area contributed by atoms with Crippen LogP contribution in [0.25, 0.3) is 11.1 Å². The number of rotatable bonds is 4. The summed E-state index contributed by atoms with van der Waals surface area (Å²) in [6, 6.07) is 15.2. The summed E-state index contributed by atoms with van der Waals surface area (Å²) in [5, 5.41) is 2.88. The van der Waals surface area contributed by atoms with E-state index >= 15 is 0 Å². The maximum absolute atomic E-state index is 11.9. The van der Waals surface area contributed by atoms with Crippen molar-refractivity contribution in [3.05, 3.63) is 54.1 Å². The van der Waals surface area contributed by atoms with Crippen LogP contribution in [0.15, 0.2) is 48.5 Å². The molecule has 2 aromatic rings. The van der Waals surface area contributed by atoms with Gasteiger partial charge in [-0.2, -0.15) is 0 Å². The van der Waals surface area contributed by atoms with Crippen LogP contribution in [0.1, 0.15) is 23.7 Å². The minimum Gasteiger partial charge on any atom is -0.399 e. The van der Waals surface area contributed by atoms with Crippen LogP contribution in [-0.2, 0) is 0 Å². The first-order chi connectivity index (χ1) is 9.20. The van der Waals surface area contributed by atoms with Gasteiger partial charge in [0.05, 0.1) is 0 Å². The number of anilines is 1. The Hall–Kier alpha value is -2.29. The molecule has 98 valence electrons. The van der Waals surface area contributed by atoms with Gasteiger partial charge in [0.15, 0.2) is 0 Å². The molecule has 2 rings (SSSR count). The number of nitrogen functional groups attached to an aromatic ring is 1. The fourth-order valence-electron chi connectivity index (χ4n) is 1.90. The van der Waals surface area contributed by atoms with Crippen molar-refractivity contribution in [3.63, 3.8) is 0 Å². The number of hydrogen-bond donors (Lipinski definition) is 2. The zero-order valence-corrected chi connectivity index (χ0v) is 11.0. The summed E-state index contributed by atoms with van der Waals surface area (Å²) in [6.45, 7) is 2.73. The van der Waals surface area contributed by atoms with E-state index in [1.165, 1.54) is 0 Å². The number of amides is 1.